The summed E-state index contributed by atoms with van der Waals surface area (Å²) in [6.45, 7) is 5.54. The van der Waals surface area contributed by atoms with Crippen molar-refractivity contribution in [3.05, 3.63) is 0 Å². The van der Waals surface area contributed by atoms with Crippen LogP contribution >= 0.6 is 0 Å². The van der Waals surface area contributed by atoms with E-state index in [-0.39, 0.29) is 18.8 Å². The van der Waals surface area contributed by atoms with E-state index in [0.717, 1.165) is 25.8 Å². The van der Waals surface area contributed by atoms with Gasteiger partial charge in [0.05, 0.1) is 0 Å². The molecule has 0 saturated carbocycles. The first kappa shape index (κ1) is 11.9. The number of rotatable bonds is 7. The highest BCUT2D eigenvalue weighted by Gasteiger charge is 2.14. The third-order valence-corrected chi connectivity index (χ3v) is 1.93. The van der Waals surface area contributed by atoms with Gasteiger partial charge in [-0.2, -0.15) is 0 Å². The van der Waals surface area contributed by atoms with E-state index in [1.54, 1.807) is 0 Å². The molecule has 0 rings (SSSR count). The maximum absolute atomic E-state index is 8.72. The molecule has 0 atom stereocenters. The van der Waals surface area contributed by atoms with Gasteiger partial charge >= 0.3 is 0 Å². The van der Waals surface area contributed by atoms with E-state index in [0.29, 0.717) is 0 Å². The lowest BCUT2D eigenvalue weighted by atomic mass is 10.0. The molecule has 12 heavy (non-hydrogen) atoms. The quantitative estimate of drug-likeness (QED) is 0.494. The summed E-state index contributed by atoms with van der Waals surface area (Å²) in [5, 5.41) is 20.6. The minimum atomic E-state index is 0.0181. The van der Waals surface area contributed by atoms with Crippen molar-refractivity contribution in [1.82, 2.24) is 5.32 Å². The zero-order valence-electron chi connectivity index (χ0n) is 8.14. The number of aliphatic hydroxyl groups is 2. The fourth-order valence-corrected chi connectivity index (χ4v) is 1.03. The molecule has 0 radical (unpaired) electrons. The Kier molecular flexibility index (Phi) is 6.34. The lowest BCUT2D eigenvalue weighted by Gasteiger charge is -2.25. The summed E-state index contributed by atoms with van der Waals surface area (Å²) in [4.78, 5) is 0. The zero-order chi connectivity index (χ0) is 9.45. The summed E-state index contributed by atoms with van der Waals surface area (Å²) in [6.07, 6.45) is 2.61. The summed E-state index contributed by atoms with van der Waals surface area (Å²) in [5.41, 5.74) is 0.0181. The zero-order valence-corrected chi connectivity index (χ0v) is 8.14. The molecule has 0 bridgehead atoms. The van der Waals surface area contributed by atoms with Crippen molar-refractivity contribution in [2.75, 3.05) is 19.8 Å². The van der Waals surface area contributed by atoms with Gasteiger partial charge in [0.1, 0.15) is 0 Å². The highest BCUT2D eigenvalue weighted by atomic mass is 16.3. The minimum Gasteiger partial charge on any atom is -0.396 e. The van der Waals surface area contributed by atoms with Crippen molar-refractivity contribution in [3.8, 4) is 0 Å². The third kappa shape index (κ3) is 6.58. The molecular formula is C9H21NO2. The van der Waals surface area contributed by atoms with E-state index < -0.39 is 0 Å². The molecule has 0 saturated heterocycles. The summed E-state index contributed by atoms with van der Waals surface area (Å²) >= 11 is 0. The molecule has 3 heteroatoms. The molecule has 0 aromatic heterocycles. The Morgan fingerprint density at radius 1 is 1.08 bits per heavy atom. The lowest BCUT2D eigenvalue weighted by molar-refractivity contribution is 0.227. The first-order chi connectivity index (χ1) is 5.62. The van der Waals surface area contributed by atoms with Crippen LogP contribution in [-0.2, 0) is 0 Å². The van der Waals surface area contributed by atoms with Crippen LogP contribution in [0.25, 0.3) is 0 Å². The number of unbranched alkanes of at least 4 members (excludes halogenated alkanes) is 1. The summed E-state index contributed by atoms with van der Waals surface area (Å²) in [5.74, 6) is 0. The van der Waals surface area contributed by atoms with Crippen LogP contribution in [0, 0.1) is 0 Å². The predicted molar refractivity (Wildman–Crippen MR) is 50.1 cm³/mol. The fourth-order valence-electron chi connectivity index (χ4n) is 1.03. The molecule has 0 aromatic rings. The Balaban J connectivity index is 3.33. The standard InChI is InChI=1S/C9H21NO2/c1-9(2,5-8-12)10-6-3-4-7-11/h10-12H,3-8H2,1-2H3. The van der Waals surface area contributed by atoms with Crippen LogP contribution in [0.2, 0.25) is 0 Å². The van der Waals surface area contributed by atoms with Gasteiger partial charge in [0.25, 0.3) is 0 Å². The van der Waals surface area contributed by atoms with Crippen LogP contribution in [-0.4, -0.2) is 35.5 Å². The highest BCUT2D eigenvalue weighted by molar-refractivity contribution is 4.76. The number of aliphatic hydroxyl groups excluding tert-OH is 2. The second-order valence-corrected chi connectivity index (χ2v) is 3.71. The van der Waals surface area contributed by atoms with Crippen molar-refractivity contribution in [2.45, 2.75) is 38.6 Å². The molecule has 0 aliphatic heterocycles. The van der Waals surface area contributed by atoms with Gasteiger partial charge in [-0.25, -0.2) is 0 Å². The molecule has 0 aromatic carbocycles. The monoisotopic (exact) mass is 175 g/mol. The van der Waals surface area contributed by atoms with Crippen LogP contribution in [0.1, 0.15) is 33.1 Å². The van der Waals surface area contributed by atoms with Crippen LogP contribution in [0.5, 0.6) is 0 Å². The number of hydrogen-bond donors (Lipinski definition) is 3. The molecule has 0 amide bonds. The molecule has 0 unspecified atom stereocenters. The van der Waals surface area contributed by atoms with Crippen molar-refractivity contribution in [1.29, 1.82) is 0 Å². The lowest BCUT2D eigenvalue weighted by Crippen LogP contribution is -2.40. The summed E-state index contributed by atoms with van der Waals surface area (Å²) < 4.78 is 0. The van der Waals surface area contributed by atoms with Gasteiger partial charge in [0.15, 0.2) is 0 Å². The largest absolute Gasteiger partial charge is 0.396 e. The van der Waals surface area contributed by atoms with Crippen LogP contribution in [0.15, 0.2) is 0 Å². The van der Waals surface area contributed by atoms with E-state index in [9.17, 15) is 0 Å². The molecule has 0 heterocycles. The second-order valence-electron chi connectivity index (χ2n) is 3.71. The molecule has 0 spiro atoms. The van der Waals surface area contributed by atoms with Crippen LogP contribution < -0.4 is 5.32 Å². The van der Waals surface area contributed by atoms with Gasteiger partial charge in [0.2, 0.25) is 0 Å². The normalized spacial score (nSPS) is 12.0. The topological polar surface area (TPSA) is 52.5 Å². The fraction of sp³-hybridized carbons (Fsp3) is 1.00. The van der Waals surface area contributed by atoms with Gasteiger partial charge < -0.3 is 15.5 Å². The van der Waals surface area contributed by atoms with Gasteiger partial charge in [0, 0.05) is 18.8 Å². The van der Waals surface area contributed by atoms with Gasteiger partial charge in [-0.05, 0) is 39.7 Å². The molecule has 0 fully saturated rings. The Bertz CT molecular complexity index is 105. The Morgan fingerprint density at radius 2 is 1.75 bits per heavy atom. The predicted octanol–water partition coefficient (Wildman–Crippen LogP) is 0.510. The van der Waals surface area contributed by atoms with Gasteiger partial charge in [-0.1, -0.05) is 0 Å². The average molecular weight is 175 g/mol. The Labute approximate surface area is 74.8 Å². The first-order valence-corrected chi connectivity index (χ1v) is 4.59. The summed E-state index contributed by atoms with van der Waals surface area (Å²) in [6, 6.07) is 0. The SMILES string of the molecule is CC(C)(CCO)NCCCCO. The van der Waals surface area contributed by atoms with Crippen molar-refractivity contribution in [2.24, 2.45) is 0 Å². The molecule has 74 valence electrons. The molecule has 3 nitrogen and oxygen atoms in total. The van der Waals surface area contributed by atoms with Crippen molar-refractivity contribution < 1.29 is 10.2 Å². The first-order valence-electron chi connectivity index (χ1n) is 4.59. The Hall–Kier alpha value is -0.120. The van der Waals surface area contributed by atoms with E-state index in [1.807, 2.05) is 0 Å². The maximum Gasteiger partial charge on any atom is 0.0448 e. The molecular weight excluding hydrogens is 154 g/mol. The van der Waals surface area contributed by atoms with Gasteiger partial charge in [-0.15, -0.1) is 0 Å². The number of hydrogen-bond acceptors (Lipinski definition) is 3. The highest BCUT2D eigenvalue weighted by Crippen LogP contribution is 2.06. The maximum atomic E-state index is 8.72. The van der Waals surface area contributed by atoms with E-state index in [2.05, 4.69) is 19.2 Å². The second kappa shape index (κ2) is 6.40. The van der Waals surface area contributed by atoms with E-state index >= 15 is 0 Å². The van der Waals surface area contributed by atoms with Crippen molar-refractivity contribution in [3.63, 3.8) is 0 Å². The van der Waals surface area contributed by atoms with E-state index in [1.165, 1.54) is 0 Å². The number of nitrogens with one attached hydrogen (secondary N) is 1. The molecule has 3 N–H and O–H groups in total. The van der Waals surface area contributed by atoms with Crippen LogP contribution in [0.4, 0.5) is 0 Å². The molecule has 0 aliphatic rings. The van der Waals surface area contributed by atoms with Crippen LogP contribution in [0.3, 0.4) is 0 Å². The van der Waals surface area contributed by atoms with Crippen molar-refractivity contribution >= 4 is 0 Å². The van der Waals surface area contributed by atoms with E-state index in [4.69, 9.17) is 10.2 Å². The average Bonchev–Trinajstić information content (AvgIpc) is 1.98. The summed E-state index contributed by atoms with van der Waals surface area (Å²) in [7, 11) is 0. The Morgan fingerprint density at radius 3 is 2.25 bits per heavy atom. The smallest absolute Gasteiger partial charge is 0.0448 e. The third-order valence-electron chi connectivity index (χ3n) is 1.93. The minimum absolute atomic E-state index is 0.0181. The molecule has 0 aliphatic carbocycles. The van der Waals surface area contributed by atoms with Gasteiger partial charge in [-0.3, -0.25) is 0 Å².